The van der Waals surface area contributed by atoms with Crippen LogP contribution < -0.4 is 10.2 Å². The molecule has 1 aliphatic heterocycles. The number of benzene rings is 1. The lowest BCUT2D eigenvalue weighted by atomic mass is 9.93. The van der Waals surface area contributed by atoms with Crippen LogP contribution in [0.25, 0.3) is 0 Å². The van der Waals surface area contributed by atoms with E-state index in [1.807, 2.05) is 0 Å². The van der Waals surface area contributed by atoms with Crippen molar-refractivity contribution in [1.29, 1.82) is 5.26 Å². The Morgan fingerprint density at radius 3 is 2.53 bits per heavy atom. The molecule has 0 unspecified atom stereocenters. The topological polar surface area (TPSA) is 108 Å². The highest BCUT2D eigenvalue weighted by atomic mass is 32.2. The van der Waals surface area contributed by atoms with E-state index in [4.69, 9.17) is 0 Å². The Kier molecular flexibility index (Phi) is 5.82. The number of amides is 1. The molecule has 0 spiro atoms. The molecule has 1 saturated heterocycles. The third-order valence-electron chi connectivity index (χ3n) is 7.38. The molecule has 2 atom stereocenters. The van der Waals surface area contributed by atoms with Gasteiger partial charge in [0.05, 0.1) is 33.5 Å². The molecular weight excluding hydrogens is 495 g/mol. The number of carbonyl (C=O) groups is 1. The number of carbonyl (C=O) groups excluding carboxylic acids is 1. The summed E-state index contributed by atoms with van der Waals surface area (Å²) in [5.41, 5.74) is -1.49. The van der Waals surface area contributed by atoms with Gasteiger partial charge in [0.1, 0.15) is 17.4 Å². The van der Waals surface area contributed by atoms with Crippen LogP contribution in [0.1, 0.15) is 55.8 Å². The molecule has 5 rings (SSSR count). The van der Waals surface area contributed by atoms with E-state index < -0.39 is 49.2 Å². The number of anilines is 1. The molecule has 2 saturated carbocycles. The normalized spacial score (nSPS) is 23.7. The molecule has 1 N–H and O–H groups in total. The average molecular weight is 522 g/mol. The number of aromatic nitrogens is 2. The van der Waals surface area contributed by atoms with E-state index in [0.29, 0.717) is 24.4 Å². The van der Waals surface area contributed by atoms with Crippen molar-refractivity contribution in [1.82, 2.24) is 15.1 Å². The molecule has 1 aromatic heterocycles. The number of rotatable bonds is 6. The number of hydrogen-bond donors (Lipinski definition) is 1. The molecule has 3 fully saturated rings. The third kappa shape index (κ3) is 4.23. The molecule has 12 heteroatoms. The highest BCUT2D eigenvalue weighted by Gasteiger charge is 2.51. The highest BCUT2D eigenvalue weighted by Crippen LogP contribution is 2.41. The Hall–Kier alpha value is -3.07. The van der Waals surface area contributed by atoms with Gasteiger partial charge in [-0.05, 0) is 57.6 Å². The summed E-state index contributed by atoms with van der Waals surface area (Å²) >= 11 is 0. The van der Waals surface area contributed by atoms with Gasteiger partial charge in [-0.15, -0.1) is 0 Å². The highest BCUT2D eigenvalue weighted by molar-refractivity contribution is 7.92. The number of aryl methyl sites for hydroxylation is 1. The van der Waals surface area contributed by atoms with Crippen molar-refractivity contribution in [3.63, 3.8) is 0 Å². The first-order valence-corrected chi connectivity index (χ1v) is 13.5. The number of sulfone groups is 1. The van der Waals surface area contributed by atoms with Crippen molar-refractivity contribution in [2.45, 2.75) is 79.4 Å². The van der Waals surface area contributed by atoms with Crippen LogP contribution in [-0.2, 0) is 20.8 Å². The largest absolute Gasteiger partial charge is 0.417 e. The van der Waals surface area contributed by atoms with Gasteiger partial charge in [-0.2, -0.15) is 23.5 Å². The summed E-state index contributed by atoms with van der Waals surface area (Å²) in [5, 5.41) is 15.5. The van der Waals surface area contributed by atoms with Crippen molar-refractivity contribution >= 4 is 21.6 Å². The number of nitrogens with zero attached hydrogens (tertiary/aromatic N) is 4. The third-order valence-corrected chi connectivity index (χ3v) is 9.57. The molecule has 1 aromatic carbocycles. The molecule has 2 aliphatic carbocycles. The van der Waals surface area contributed by atoms with E-state index in [9.17, 15) is 31.6 Å². The summed E-state index contributed by atoms with van der Waals surface area (Å²) in [6.07, 6.45) is -1.21. The molecule has 192 valence electrons. The van der Waals surface area contributed by atoms with E-state index in [2.05, 4.69) is 16.5 Å². The van der Waals surface area contributed by atoms with Gasteiger partial charge < -0.3 is 10.2 Å². The van der Waals surface area contributed by atoms with E-state index in [-0.39, 0.29) is 19.0 Å². The van der Waals surface area contributed by atoms with Crippen LogP contribution in [0.4, 0.5) is 19.0 Å². The van der Waals surface area contributed by atoms with Crippen molar-refractivity contribution in [2.24, 2.45) is 0 Å². The molecule has 1 amide bonds. The second kappa shape index (κ2) is 8.50. The van der Waals surface area contributed by atoms with Gasteiger partial charge in [0.2, 0.25) is 5.91 Å². The van der Waals surface area contributed by atoms with Crippen LogP contribution >= 0.6 is 0 Å². The summed E-state index contributed by atoms with van der Waals surface area (Å²) in [7, 11) is -4.45. The maximum absolute atomic E-state index is 13.7. The summed E-state index contributed by atoms with van der Waals surface area (Å²) in [6, 6.07) is 7.14. The first kappa shape index (κ1) is 24.6. The second-order valence-corrected chi connectivity index (χ2v) is 12.1. The van der Waals surface area contributed by atoms with E-state index >= 15 is 0 Å². The number of halogens is 3. The lowest BCUT2D eigenvalue weighted by molar-refractivity contribution is -0.139. The van der Waals surface area contributed by atoms with Gasteiger partial charge in [0.25, 0.3) is 0 Å². The van der Waals surface area contributed by atoms with Gasteiger partial charge in [-0.1, -0.05) is 12.1 Å². The maximum atomic E-state index is 13.7. The van der Waals surface area contributed by atoms with Crippen LogP contribution in [0.2, 0.25) is 0 Å². The number of nitrogens with one attached hydrogen (secondary N) is 1. The van der Waals surface area contributed by atoms with Gasteiger partial charge in [0.15, 0.2) is 9.84 Å². The molecular formula is C24H26F3N5O3S. The van der Waals surface area contributed by atoms with Crippen LogP contribution in [0.3, 0.4) is 0 Å². The zero-order valence-corrected chi connectivity index (χ0v) is 20.4. The lowest BCUT2D eigenvalue weighted by Gasteiger charge is -2.32. The average Bonchev–Trinajstić information content (AvgIpc) is 3.23. The predicted molar refractivity (Wildman–Crippen MR) is 124 cm³/mol. The molecule has 2 heterocycles. The summed E-state index contributed by atoms with van der Waals surface area (Å²) < 4.78 is 69.9. The molecule has 0 bridgehead atoms. The van der Waals surface area contributed by atoms with Gasteiger partial charge >= 0.3 is 6.18 Å². The van der Waals surface area contributed by atoms with Crippen molar-refractivity contribution in [3.8, 4) is 6.07 Å². The van der Waals surface area contributed by atoms with E-state index in [1.54, 1.807) is 22.6 Å². The minimum absolute atomic E-state index is 0.118. The monoisotopic (exact) mass is 521 g/mol. The summed E-state index contributed by atoms with van der Waals surface area (Å²) in [4.78, 5) is 14.2. The Bertz CT molecular complexity index is 1340. The maximum Gasteiger partial charge on any atom is 0.417 e. The fraction of sp³-hybridized carbons (Fsp3) is 0.542. The standard InChI is InChI=1S/C24H26F3N5O3S/c1-15-11-21(32(30-15)16-5-4-6-16)31-13-17(12-19(31)22(33)29-23(14-28)9-10-23)36(34,35)20-8-3-2-7-18(20)24(25,26)27/h2-3,7-8,11,16-17,19H,4-6,9-10,12-13H2,1H3,(H,29,33)/t17-,19+/m1/s1. The fourth-order valence-electron chi connectivity index (χ4n) is 4.98. The first-order valence-electron chi connectivity index (χ1n) is 11.9. The summed E-state index contributed by atoms with van der Waals surface area (Å²) in [5.74, 6) is 0.0656. The van der Waals surface area contributed by atoms with Gasteiger partial charge in [0, 0.05) is 12.6 Å². The Balaban J connectivity index is 1.53. The van der Waals surface area contributed by atoms with Crippen molar-refractivity contribution in [3.05, 3.63) is 41.6 Å². The van der Waals surface area contributed by atoms with Crippen LogP contribution in [0.15, 0.2) is 35.2 Å². The Morgan fingerprint density at radius 2 is 1.94 bits per heavy atom. The van der Waals surface area contributed by atoms with Crippen LogP contribution in [0.5, 0.6) is 0 Å². The Morgan fingerprint density at radius 1 is 1.25 bits per heavy atom. The summed E-state index contributed by atoms with van der Waals surface area (Å²) in [6.45, 7) is 1.64. The first-order chi connectivity index (χ1) is 16.9. The fourth-order valence-corrected chi connectivity index (χ4v) is 6.89. The van der Waals surface area contributed by atoms with E-state index in [1.165, 1.54) is 6.07 Å². The van der Waals surface area contributed by atoms with E-state index in [0.717, 1.165) is 37.5 Å². The second-order valence-electron chi connectivity index (χ2n) is 9.92. The zero-order chi connectivity index (χ0) is 25.9. The molecule has 2 aromatic rings. The van der Waals surface area contributed by atoms with Crippen LogP contribution in [0, 0.1) is 18.3 Å². The number of alkyl halides is 3. The molecule has 3 aliphatic rings. The molecule has 0 radical (unpaired) electrons. The van der Waals surface area contributed by atoms with Crippen LogP contribution in [-0.4, -0.2) is 47.5 Å². The lowest BCUT2D eigenvalue weighted by Crippen LogP contribution is -2.48. The minimum Gasteiger partial charge on any atom is -0.343 e. The minimum atomic E-state index is -4.84. The predicted octanol–water partition coefficient (Wildman–Crippen LogP) is 3.53. The zero-order valence-electron chi connectivity index (χ0n) is 19.6. The SMILES string of the molecule is Cc1cc(N2C[C@H](S(=O)(=O)c3ccccc3C(F)(F)F)C[C@H]2C(=O)NC2(C#N)CC2)n(C2CCC2)n1. The van der Waals surface area contributed by atoms with Gasteiger partial charge in [-0.3, -0.25) is 4.79 Å². The van der Waals surface area contributed by atoms with Crippen molar-refractivity contribution in [2.75, 3.05) is 11.4 Å². The molecule has 36 heavy (non-hydrogen) atoms. The van der Waals surface area contributed by atoms with Gasteiger partial charge in [-0.25, -0.2) is 13.1 Å². The smallest absolute Gasteiger partial charge is 0.343 e. The Labute approximate surface area is 207 Å². The molecule has 8 nitrogen and oxygen atoms in total. The number of nitriles is 1. The quantitative estimate of drug-likeness (QED) is 0.623. The van der Waals surface area contributed by atoms with Crippen molar-refractivity contribution < 1.29 is 26.4 Å². The number of hydrogen-bond acceptors (Lipinski definition) is 6.